The first-order chi connectivity index (χ1) is 18.7. The molecule has 1 saturated carbocycles. The molecule has 13 nitrogen and oxygen atoms in total. The molecular weight excluding hydrogens is 524 g/mol. The largest absolute Gasteiger partial charge is 0.508 e. The standard InChI is InChI=1S/C27H32N4O9/c1-6-7-40-26(38)29-14-10-15(30(2)3)12-8-11-9-13-19(31(4)5)22(34)18(25(28)37)24(36)27(13,39)23(35)16(11)21(33)17(12)20(14)32/h6,10-11,13,19,32-33,36,39H,1,7-9H2,2-5H3,(H2,28,37)(H,29,38). The summed E-state index contributed by atoms with van der Waals surface area (Å²) in [4.78, 5) is 54.6. The Hall–Kier alpha value is -4.36. The van der Waals surface area contributed by atoms with Gasteiger partial charge in [-0.1, -0.05) is 12.7 Å². The van der Waals surface area contributed by atoms with E-state index in [1.165, 1.54) is 31.1 Å². The van der Waals surface area contributed by atoms with Crippen molar-refractivity contribution in [2.45, 2.75) is 24.5 Å². The number of nitrogens with zero attached hydrogens (tertiary/aromatic N) is 2. The van der Waals surface area contributed by atoms with Crippen molar-refractivity contribution in [3.63, 3.8) is 0 Å². The average molecular weight is 557 g/mol. The first kappa shape index (κ1) is 28.6. The summed E-state index contributed by atoms with van der Waals surface area (Å²) in [5.41, 5.74) is 2.12. The predicted molar refractivity (Wildman–Crippen MR) is 144 cm³/mol. The third-order valence-electron chi connectivity index (χ3n) is 7.75. The van der Waals surface area contributed by atoms with Crippen molar-refractivity contribution < 1.29 is 44.3 Å². The molecule has 214 valence electrons. The first-order valence-electron chi connectivity index (χ1n) is 12.4. The molecule has 4 atom stereocenters. The fourth-order valence-corrected chi connectivity index (χ4v) is 6.07. The molecule has 1 aromatic rings. The number of aliphatic hydroxyl groups excluding tert-OH is 2. The van der Waals surface area contributed by atoms with Gasteiger partial charge >= 0.3 is 6.09 Å². The number of anilines is 2. The lowest BCUT2D eigenvalue weighted by molar-refractivity contribution is -0.153. The molecule has 0 bridgehead atoms. The number of phenolic OH excluding ortho intramolecular Hbond substituents is 1. The zero-order valence-corrected chi connectivity index (χ0v) is 22.5. The average Bonchev–Trinajstić information content (AvgIpc) is 2.85. The van der Waals surface area contributed by atoms with Gasteiger partial charge in [0.15, 0.2) is 17.1 Å². The number of carbonyl (C=O) groups is 4. The number of amides is 2. The zero-order valence-electron chi connectivity index (χ0n) is 22.5. The Morgan fingerprint density at radius 2 is 1.88 bits per heavy atom. The van der Waals surface area contributed by atoms with Crippen molar-refractivity contribution in [1.82, 2.24) is 4.90 Å². The maximum atomic E-state index is 14.0. The highest BCUT2D eigenvalue weighted by Crippen LogP contribution is 2.54. The number of Topliss-reactive ketones (excluding diaryl/α,β-unsaturated/α-hetero) is 2. The van der Waals surface area contributed by atoms with Crippen molar-refractivity contribution in [3.8, 4) is 5.75 Å². The molecule has 0 aromatic heterocycles. The number of likely N-dealkylation sites (N-methyl/N-ethyl adjacent to an activating group) is 1. The van der Waals surface area contributed by atoms with E-state index in [0.29, 0.717) is 11.3 Å². The number of hydrogen-bond acceptors (Lipinski definition) is 11. The van der Waals surface area contributed by atoms with Gasteiger partial charge in [0.05, 0.1) is 17.3 Å². The zero-order chi connectivity index (χ0) is 29.8. The van der Waals surface area contributed by atoms with E-state index in [1.54, 1.807) is 19.0 Å². The van der Waals surface area contributed by atoms with E-state index in [4.69, 9.17) is 10.5 Å². The second-order valence-corrected chi connectivity index (χ2v) is 10.5. The molecule has 3 aliphatic rings. The van der Waals surface area contributed by atoms with Gasteiger partial charge < -0.3 is 35.8 Å². The van der Waals surface area contributed by atoms with Crippen molar-refractivity contribution in [3.05, 3.63) is 46.8 Å². The Labute approximate surface area is 229 Å². The van der Waals surface area contributed by atoms with Crippen LogP contribution in [0.1, 0.15) is 17.5 Å². The molecule has 0 heterocycles. The molecule has 0 spiro atoms. The van der Waals surface area contributed by atoms with Crippen LogP contribution in [0.3, 0.4) is 0 Å². The number of aliphatic hydroxyl groups is 3. The summed E-state index contributed by atoms with van der Waals surface area (Å²) < 4.78 is 4.92. The number of fused-ring (bicyclic) bond motifs is 3. The second-order valence-electron chi connectivity index (χ2n) is 10.5. The summed E-state index contributed by atoms with van der Waals surface area (Å²) in [5.74, 6) is -7.54. The van der Waals surface area contributed by atoms with Gasteiger partial charge in [-0.2, -0.15) is 0 Å². The molecule has 1 fully saturated rings. The summed E-state index contributed by atoms with van der Waals surface area (Å²) >= 11 is 0. The first-order valence-corrected chi connectivity index (χ1v) is 12.4. The highest BCUT2D eigenvalue weighted by molar-refractivity contribution is 6.24. The second kappa shape index (κ2) is 9.99. The van der Waals surface area contributed by atoms with Crippen LogP contribution in [0.2, 0.25) is 0 Å². The van der Waals surface area contributed by atoms with Crippen LogP contribution in [0.4, 0.5) is 16.2 Å². The Bertz CT molecular complexity index is 1410. The topological polar surface area (TPSA) is 203 Å². The Balaban J connectivity index is 1.94. The lowest BCUT2D eigenvalue weighted by atomic mass is 9.57. The Morgan fingerprint density at radius 1 is 1.23 bits per heavy atom. The van der Waals surface area contributed by atoms with E-state index >= 15 is 0 Å². The van der Waals surface area contributed by atoms with Gasteiger partial charge in [-0.15, -0.1) is 0 Å². The van der Waals surface area contributed by atoms with Crippen LogP contribution in [0.5, 0.6) is 5.75 Å². The number of nitrogens with one attached hydrogen (secondary N) is 1. The molecule has 1 aromatic carbocycles. The monoisotopic (exact) mass is 556 g/mol. The summed E-state index contributed by atoms with van der Waals surface area (Å²) in [7, 11) is 6.49. The van der Waals surface area contributed by atoms with Crippen LogP contribution in [0, 0.1) is 11.8 Å². The van der Waals surface area contributed by atoms with Crippen molar-refractivity contribution in [2.24, 2.45) is 17.6 Å². The number of benzene rings is 1. The number of hydrogen-bond donors (Lipinski definition) is 6. The third-order valence-corrected chi connectivity index (χ3v) is 7.75. The van der Waals surface area contributed by atoms with Crippen molar-refractivity contribution in [2.75, 3.05) is 45.0 Å². The molecule has 40 heavy (non-hydrogen) atoms. The summed E-state index contributed by atoms with van der Waals surface area (Å²) in [5, 5.41) is 47.6. The van der Waals surface area contributed by atoms with Crippen LogP contribution in [-0.2, 0) is 25.5 Å². The lowest BCUT2D eigenvalue weighted by Crippen LogP contribution is -2.65. The van der Waals surface area contributed by atoms with Crippen LogP contribution in [0.15, 0.2) is 35.6 Å². The van der Waals surface area contributed by atoms with Crippen LogP contribution < -0.4 is 16.0 Å². The van der Waals surface area contributed by atoms with Gasteiger partial charge in [0.2, 0.25) is 5.78 Å². The molecule has 4 unspecified atom stereocenters. The fraction of sp³-hybridized carbons (Fsp3) is 0.407. The number of aromatic hydroxyl groups is 1. The van der Waals surface area contributed by atoms with E-state index in [1.807, 2.05) is 0 Å². The number of rotatable bonds is 6. The summed E-state index contributed by atoms with van der Waals surface area (Å²) in [6, 6.07) is 0.315. The van der Waals surface area contributed by atoms with Gasteiger partial charge in [0.25, 0.3) is 5.91 Å². The number of ether oxygens (including phenoxy) is 1. The molecule has 2 amide bonds. The minimum atomic E-state index is -2.74. The Kier molecular flexibility index (Phi) is 7.15. The molecule has 0 aliphatic heterocycles. The molecule has 3 aliphatic carbocycles. The highest BCUT2D eigenvalue weighted by atomic mass is 16.5. The number of ketones is 2. The van der Waals surface area contributed by atoms with Crippen LogP contribution in [0.25, 0.3) is 5.76 Å². The number of nitrogens with two attached hydrogens (primary N) is 1. The minimum Gasteiger partial charge on any atom is -0.508 e. The van der Waals surface area contributed by atoms with Crippen molar-refractivity contribution in [1.29, 1.82) is 0 Å². The smallest absolute Gasteiger partial charge is 0.412 e. The van der Waals surface area contributed by atoms with Gasteiger partial charge in [-0.25, -0.2) is 4.79 Å². The normalized spacial score (nSPS) is 25.7. The number of phenols is 1. The molecular formula is C27H32N4O9. The van der Waals surface area contributed by atoms with Gasteiger partial charge in [0.1, 0.15) is 23.7 Å². The molecule has 0 radical (unpaired) electrons. The molecule has 7 N–H and O–H groups in total. The van der Waals surface area contributed by atoms with Gasteiger partial charge in [-0.3, -0.25) is 24.6 Å². The summed E-state index contributed by atoms with van der Waals surface area (Å²) in [6.07, 6.45) is 0.528. The quantitative estimate of drug-likeness (QED) is 0.164. The fourth-order valence-electron chi connectivity index (χ4n) is 6.07. The number of primary amides is 1. The maximum absolute atomic E-state index is 14.0. The SMILES string of the molecule is C=CCOC(=O)Nc1cc(N(C)C)c2c(c1O)C(O)=C1C(=O)C3(O)C(O)=C(C(N)=O)C(=O)C(N(C)C)C3CC1C2. The van der Waals surface area contributed by atoms with E-state index in [0.717, 1.165) is 0 Å². The highest BCUT2D eigenvalue weighted by Gasteiger charge is 2.64. The molecule has 13 heteroatoms. The third kappa shape index (κ3) is 4.09. The van der Waals surface area contributed by atoms with E-state index < -0.39 is 69.9 Å². The van der Waals surface area contributed by atoms with Gasteiger partial charge in [-0.05, 0) is 44.5 Å². The van der Waals surface area contributed by atoms with Crippen molar-refractivity contribution >= 4 is 40.7 Å². The minimum absolute atomic E-state index is 0.0345. The van der Waals surface area contributed by atoms with Crippen LogP contribution in [-0.4, -0.2) is 95.3 Å². The number of carbonyl (C=O) groups excluding carboxylic acids is 4. The van der Waals surface area contributed by atoms with E-state index in [9.17, 15) is 39.6 Å². The Morgan fingerprint density at radius 3 is 2.42 bits per heavy atom. The van der Waals surface area contributed by atoms with Crippen LogP contribution >= 0.6 is 0 Å². The predicted octanol–water partition coefficient (Wildman–Crippen LogP) is 0.765. The summed E-state index contributed by atoms with van der Waals surface area (Å²) in [6.45, 7) is 3.37. The van der Waals surface area contributed by atoms with E-state index in [-0.39, 0.29) is 36.3 Å². The maximum Gasteiger partial charge on any atom is 0.412 e. The molecule has 0 saturated heterocycles. The lowest BCUT2D eigenvalue weighted by Gasteiger charge is -2.50. The van der Waals surface area contributed by atoms with E-state index in [2.05, 4.69) is 11.9 Å². The molecule has 4 rings (SSSR count). The van der Waals surface area contributed by atoms with Gasteiger partial charge in [0, 0.05) is 31.3 Å².